The molecule has 0 aliphatic carbocycles. The van der Waals surface area contributed by atoms with E-state index < -0.39 is 3.79 Å². The maximum atomic E-state index is 5.91. The second kappa shape index (κ2) is 5.85. The van der Waals surface area contributed by atoms with Crippen molar-refractivity contribution in [2.45, 2.75) is 10.3 Å². The van der Waals surface area contributed by atoms with Gasteiger partial charge in [-0.2, -0.15) is 0 Å². The van der Waals surface area contributed by atoms with E-state index in [1.165, 1.54) is 0 Å². The highest BCUT2D eigenvalue weighted by atomic mass is 79.9. The summed E-state index contributed by atoms with van der Waals surface area (Å²) in [7, 11) is 0. The van der Waals surface area contributed by atoms with Crippen LogP contribution >= 0.6 is 50.7 Å². The average Bonchev–Trinajstić information content (AvgIpc) is 2.77. The summed E-state index contributed by atoms with van der Waals surface area (Å²) in [6.07, 6.45) is 0. The van der Waals surface area contributed by atoms with Crippen LogP contribution in [-0.4, -0.2) is 19.5 Å². The molecule has 0 unspecified atom stereocenters. The molecule has 3 aromatic rings. The molecule has 0 aliphatic heterocycles. The number of halogens is 4. The third-order valence-corrected chi connectivity index (χ3v) is 4.12. The molecule has 0 saturated heterocycles. The van der Waals surface area contributed by atoms with E-state index in [2.05, 4.69) is 30.9 Å². The number of hydrogen-bond acceptors (Lipinski definition) is 4. The van der Waals surface area contributed by atoms with Crippen molar-refractivity contribution in [2.24, 2.45) is 0 Å². The number of alkyl halides is 3. The molecular formula is C13H9BrCl3N5. The number of nitrogen functional groups attached to an aromatic ring is 1. The Hall–Kier alpha value is -1.08. The molecule has 3 rings (SSSR count). The van der Waals surface area contributed by atoms with E-state index in [4.69, 9.17) is 40.5 Å². The van der Waals surface area contributed by atoms with Gasteiger partial charge < -0.3 is 5.73 Å². The second-order valence-electron chi connectivity index (χ2n) is 4.56. The summed E-state index contributed by atoms with van der Waals surface area (Å²) in [5.74, 6) is 0.183. The van der Waals surface area contributed by atoms with Crippen molar-refractivity contribution in [1.82, 2.24) is 19.5 Å². The molecule has 22 heavy (non-hydrogen) atoms. The quantitative estimate of drug-likeness (QED) is 0.501. The molecule has 0 radical (unpaired) electrons. The van der Waals surface area contributed by atoms with Crippen LogP contribution < -0.4 is 5.73 Å². The molecule has 0 fully saturated rings. The molecule has 0 spiro atoms. The van der Waals surface area contributed by atoms with Gasteiger partial charge in [0.05, 0.1) is 6.54 Å². The van der Waals surface area contributed by atoms with Gasteiger partial charge in [-0.15, -0.1) is 0 Å². The first kappa shape index (κ1) is 15.8. The molecular weight excluding hydrogens is 412 g/mol. The standard InChI is InChI=1S/C13H9BrCl3N5/c14-12-19-8-9(18)20-11(13(15,16)17)21-10(8)22(12)6-7-4-2-1-3-5-7/h1-5H,6H2,(H2,18,20,21). The lowest BCUT2D eigenvalue weighted by Gasteiger charge is -2.11. The molecule has 114 valence electrons. The molecule has 1 aromatic carbocycles. The molecule has 0 aliphatic rings. The molecule has 0 atom stereocenters. The number of aromatic nitrogens is 4. The van der Waals surface area contributed by atoms with E-state index in [9.17, 15) is 0 Å². The summed E-state index contributed by atoms with van der Waals surface area (Å²) >= 11 is 21.0. The van der Waals surface area contributed by atoms with Crippen LogP contribution in [0.2, 0.25) is 0 Å². The van der Waals surface area contributed by atoms with Crippen LogP contribution in [0.1, 0.15) is 11.4 Å². The van der Waals surface area contributed by atoms with Crippen LogP contribution in [0.15, 0.2) is 35.1 Å². The molecule has 0 amide bonds. The fourth-order valence-electron chi connectivity index (χ4n) is 2.03. The van der Waals surface area contributed by atoms with Gasteiger partial charge in [0.25, 0.3) is 0 Å². The van der Waals surface area contributed by atoms with Crippen molar-refractivity contribution in [3.05, 3.63) is 46.5 Å². The predicted molar refractivity (Wildman–Crippen MR) is 92.2 cm³/mol. The zero-order chi connectivity index (χ0) is 15.9. The van der Waals surface area contributed by atoms with Crippen LogP contribution in [0.4, 0.5) is 5.82 Å². The van der Waals surface area contributed by atoms with Gasteiger partial charge in [0.1, 0.15) is 0 Å². The van der Waals surface area contributed by atoms with Gasteiger partial charge >= 0.3 is 0 Å². The average molecular weight is 422 g/mol. The zero-order valence-electron chi connectivity index (χ0n) is 11.0. The van der Waals surface area contributed by atoms with Gasteiger partial charge in [-0.3, -0.25) is 4.57 Å². The van der Waals surface area contributed by atoms with Crippen LogP contribution in [0.5, 0.6) is 0 Å². The third kappa shape index (κ3) is 3.01. The third-order valence-electron chi connectivity index (χ3n) is 3.01. The maximum absolute atomic E-state index is 5.91. The van der Waals surface area contributed by atoms with Crippen molar-refractivity contribution < 1.29 is 0 Å². The Morgan fingerprint density at radius 3 is 2.41 bits per heavy atom. The van der Waals surface area contributed by atoms with Crippen molar-refractivity contribution in [3.63, 3.8) is 0 Å². The van der Waals surface area contributed by atoms with Gasteiger partial charge in [-0.25, -0.2) is 15.0 Å². The van der Waals surface area contributed by atoms with E-state index in [0.717, 1.165) is 5.56 Å². The number of fused-ring (bicyclic) bond motifs is 1. The van der Waals surface area contributed by atoms with Crippen molar-refractivity contribution in [1.29, 1.82) is 0 Å². The predicted octanol–water partition coefficient (Wildman–Crippen LogP) is 4.05. The van der Waals surface area contributed by atoms with E-state index in [1.54, 1.807) is 0 Å². The Morgan fingerprint density at radius 1 is 1.09 bits per heavy atom. The van der Waals surface area contributed by atoms with E-state index in [0.29, 0.717) is 22.4 Å². The molecule has 0 saturated carbocycles. The Morgan fingerprint density at radius 2 is 1.77 bits per heavy atom. The van der Waals surface area contributed by atoms with Crippen molar-refractivity contribution in [2.75, 3.05) is 5.73 Å². The lowest BCUT2D eigenvalue weighted by molar-refractivity contribution is 0.786. The number of rotatable bonds is 2. The number of hydrogen-bond donors (Lipinski definition) is 1. The van der Waals surface area contributed by atoms with Crippen LogP contribution in [0, 0.1) is 0 Å². The fourth-order valence-corrected chi connectivity index (χ4v) is 2.75. The van der Waals surface area contributed by atoms with Gasteiger partial charge in [0.2, 0.25) is 3.79 Å². The van der Waals surface area contributed by atoms with Gasteiger partial charge in [0.15, 0.2) is 27.5 Å². The lowest BCUT2D eigenvalue weighted by atomic mass is 10.2. The highest BCUT2D eigenvalue weighted by molar-refractivity contribution is 9.10. The number of benzene rings is 1. The van der Waals surface area contributed by atoms with Crippen molar-refractivity contribution in [3.8, 4) is 0 Å². The minimum Gasteiger partial charge on any atom is -0.382 e. The Balaban J connectivity index is 2.17. The normalized spacial score (nSPS) is 12.0. The first-order valence-electron chi connectivity index (χ1n) is 6.16. The van der Waals surface area contributed by atoms with Crippen LogP contribution in [0.25, 0.3) is 11.2 Å². The van der Waals surface area contributed by atoms with Gasteiger partial charge in [-0.1, -0.05) is 65.1 Å². The maximum Gasteiger partial charge on any atom is 0.250 e. The summed E-state index contributed by atoms with van der Waals surface area (Å²) in [6, 6.07) is 9.86. The smallest absolute Gasteiger partial charge is 0.250 e. The number of anilines is 1. The summed E-state index contributed by atoms with van der Waals surface area (Å²) < 4.78 is 0.660. The lowest BCUT2D eigenvalue weighted by Crippen LogP contribution is -2.11. The summed E-state index contributed by atoms with van der Waals surface area (Å²) in [6.45, 7) is 0.549. The molecule has 2 N–H and O–H groups in total. The highest BCUT2D eigenvalue weighted by Crippen LogP contribution is 2.37. The topological polar surface area (TPSA) is 69.6 Å². The minimum atomic E-state index is -1.75. The largest absolute Gasteiger partial charge is 0.382 e. The van der Waals surface area contributed by atoms with Crippen LogP contribution in [0.3, 0.4) is 0 Å². The molecule has 2 heterocycles. The molecule has 5 nitrogen and oxygen atoms in total. The molecule has 2 aromatic heterocycles. The Labute approximate surface area is 149 Å². The second-order valence-corrected chi connectivity index (χ2v) is 7.55. The first-order valence-corrected chi connectivity index (χ1v) is 8.09. The summed E-state index contributed by atoms with van der Waals surface area (Å²) in [4.78, 5) is 12.6. The summed E-state index contributed by atoms with van der Waals surface area (Å²) in [5.41, 5.74) is 7.95. The molecule has 9 heteroatoms. The van der Waals surface area contributed by atoms with Crippen LogP contribution in [-0.2, 0) is 10.3 Å². The fraction of sp³-hybridized carbons (Fsp3) is 0.154. The number of imidazole rings is 1. The zero-order valence-corrected chi connectivity index (χ0v) is 14.8. The Bertz CT molecular complexity index is 829. The van der Waals surface area contributed by atoms with E-state index in [1.807, 2.05) is 34.9 Å². The van der Waals surface area contributed by atoms with E-state index >= 15 is 0 Å². The van der Waals surface area contributed by atoms with E-state index in [-0.39, 0.29) is 11.6 Å². The Kier molecular flexibility index (Phi) is 4.20. The SMILES string of the molecule is Nc1nc(C(Cl)(Cl)Cl)nc2c1nc(Br)n2Cc1ccccc1. The van der Waals surface area contributed by atoms with Crippen molar-refractivity contribution >= 4 is 67.7 Å². The highest BCUT2D eigenvalue weighted by Gasteiger charge is 2.29. The summed E-state index contributed by atoms with van der Waals surface area (Å²) in [5, 5.41) is 0. The van der Waals surface area contributed by atoms with Gasteiger partial charge in [-0.05, 0) is 21.5 Å². The first-order chi connectivity index (χ1) is 10.4. The monoisotopic (exact) mass is 419 g/mol. The number of nitrogens with zero attached hydrogens (tertiary/aromatic N) is 4. The number of nitrogens with two attached hydrogens (primary N) is 1. The minimum absolute atomic E-state index is 0.0178. The molecule has 0 bridgehead atoms. The van der Waals surface area contributed by atoms with Gasteiger partial charge in [0, 0.05) is 0 Å².